The van der Waals surface area contributed by atoms with E-state index in [9.17, 15) is 8.78 Å². The summed E-state index contributed by atoms with van der Waals surface area (Å²) in [6.45, 7) is 2.26. The van der Waals surface area contributed by atoms with Crippen LogP contribution >= 0.6 is 0 Å². The summed E-state index contributed by atoms with van der Waals surface area (Å²) in [5.74, 6) is -1.13. The molecule has 0 saturated carbocycles. The zero-order chi connectivity index (χ0) is 12.3. The number of hydrogen-bond acceptors (Lipinski definition) is 2. The Balaban J connectivity index is 2.04. The van der Waals surface area contributed by atoms with Crippen molar-refractivity contribution >= 4 is 5.69 Å². The number of pyridine rings is 1. The molecule has 0 bridgehead atoms. The fourth-order valence-corrected chi connectivity index (χ4v) is 1.49. The van der Waals surface area contributed by atoms with Crippen molar-refractivity contribution in [2.75, 3.05) is 5.32 Å². The molecule has 0 spiro atoms. The molecular weight excluding hydrogens is 222 g/mol. The maximum absolute atomic E-state index is 12.9. The molecule has 0 unspecified atom stereocenters. The van der Waals surface area contributed by atoms with Crippen molar-refractivity contribution in [2.24, 2.45) is 0 Å². The van der Waals surface area contributed by atoms with Crippen molar-refractivity contribution in [3.63, 3.8) is 0 Å². The number of aromatic nitrogens is 1. The van der Waals surface area contributed by atoms with E-state index in [2.05, 4.69) is 10.3 Å². The molecule has 1 aromatic heterocycles. The van der Waals surface area contributed by atoms with Gasteiger partial charge in [-0.1, -0.05) is 0 Å². The van der Waals surface area contributed by atoms with Gasteiger partial charge < -0.3 is 5.32 Å². The van der Waals surface area contributed by atoms with Crippen LogP contribution in [-0.4, -0.2) is 4.98 Å². The molecule has 0 radical (unpaired) electrons. The van der Waals surface area contributed by atoms with Crippen LogP contribution in [0.2, 0.25) is 0 Å². The third-order valence-electron chi connectivity index (χ3n) is 2.33. The number of benzene rings is 1. The summed E-state index contributed by atoms with van der Waals surface area (Å²) < 4.78 is 25.9. The number of rotatable bonds is 3. The fraction of sp³-hybridized carbons (Fsp3) is 0.154. The van der Waals surface area contributed by atoms with Crippen LogP contribution in [0.15, 0.2) is 36.5 Å². The SMILES string of the molecule is Cc1ccc(NCc2cc(F)cc(F)c2)cn1. The van der Waals surface area contributed by atoms with Crippen LogP contribution < -0.4 is 5.32 Å². The van der Waals surface area contributed by atoms with E-state index in [1.54, 1.807) is 6.20 Å². The minimum absolute atomic E-state index is 0.361. The van der Waals surface area contributed by atoms with Gasteiger partial charge in [0.15, 0.2) is 0 Å². The van der Waals surface area contributed by atoms with Crippen LogP contribution in [0, 0.1) is 18.6 Å². The first-order chi connectivity index (χ1) is 8.13. The predicted octanol–water partition coefficient (Wildman–Crippen LogP) is 3.28. The van der Waals surface area contributed by atoms with Gasteiger partial charge in [-0.2, -0.15) is 0 Å². The Hall–Kier alpha value is -1.97. The summed E-state index contributed by atoms with van der Waals surface area (Å²) in [6.07, 6.45) is 1.69. The van der Waals surface area contributed by atoms with E-state index in [-0.39, 0.29) is 0 Å². The lowest BCUT2D eigenvalue weighted by atomic mass is 10.2. The second-order valence-electron chi connectivity index (χ2n) is 3.82. The van der Waals surface area contributed by atoms with Crippen molar-refractivity contribution in [1.29, 1.82) is 0 Å². The zero-order valence-corrected chi connectivity index (χ0v) is 9.37. The second kappa shape index (κ2) is 4.91. The summed E-state index contributed by atoms with van der Waals surface area (Å²) in [5, 5.41) is 3.05. The van der Waals surface area contributed by atoms with Gasteiger partial charge in [0, 0.05) is 18.3 Å². The van der Waals surface area contributed by atoms with Gasteiger partial charge in [0.2, 0.25) is 0 Å². The fourth-order valence-electron chi connectivity index (χ4n) is 1.49. The molecule has 2 nitrogen and oxygen atoms in total. The standard InChI is InChI=1S/C13H12F2N2/c1-9-2-3-13(8-16-9)17-7-10-4-11(14)6-12(15)5-10/h2-6,8,17H,7H2,1H3. The van der Waals surface area contributed by atoms with E-state index < -0.39 is 11.6 Å². The monoisotopic (exact) mass is 234 g/mol. The van der Waals surface area contributed by atoms with Gasteiger partial charge in [0.25, 0.3) is 0 Å². The zero-order valence-electron chi connectivity index (χ0n) is 9.37. The molecule has 1 N–H and O–H groups in total. The van der Waals surface area contributed by atoms with Crippen molar-refractivity contribution < 1.29 is 8.78 Å². The Morgan fingerprint density at radius 2 is 1.82 bits per heavy atom. The predicted molar refractivity (Wildman–Crippen MR) is 62.7 cm³/mol. The lowest BCUT2D eigenvalue weighted by Gasteiger charge is -2.06. The van der Waals surface area contributed by atoms with Crippen LogP contribution in [0.5, 0.6) is 0 Å². The maximum atomic E-state index is 12.9. The highest BCUT2D eigenvalue weighted by Crippen LogP contribution is 2.11. The van der Waals surface area contributed by atoms with Crippen molar-refractivity contribution in [1.82, 2.24) is 4.98 Å². The Labute approximate surface area is 98.3 Å². The molecule has 0 aliphatic heterocycles. The molecule has 2 rings (SSSR count). The molecule has 0 amide bonds. The Kier molecular flexibility index (Phi) is 3.32. The number of nitrogens with one attached hydrogen (secondary N) is 1. The summed E-state index contributed by atoms with van der Waals surface area (Å²) >= 11 is 0. The molecule has 0 aliphatic carbocycles. The summed E-state index contributed by atoms with van der Waals surface area (Å²) in [7, 11) is 0. The average Bonchev–Trinajstić information content (AvgIpc) is 2.27. The quantitative estimate of drug-likeness (QED) is 0.881. The lowest BCUT2D eigenvalue weighted by molar-refractivity contribution is 0.580. The smallest absolute Gasteiger partial charge is 0.126 e. The number of aryl methyl sites for hydroxylation is 1. The highest BCUT2D eigenvalue weighted by atomic mass is 19.1. The van der Waals surface area contributed by atoms with Gasteiger partial charge in [-0.05, 0) is 36.8 Å². The highest BCUT2D eigenvalue weighted by Gasteiger charge is 2.00. The minimum atomic E-state index is -0.566. The van der Waals surface area contributed by atoms with Gasteiger partial charge in [-0.15, -0.1) is 0 Å². The maximum Gasteiger partial charge on any atom is 0.126 e. The largest absolute Gasteiger partial charge is 0.380 e. The first kappa shape index (κ1) is 11.5. The van der Waals surface area contributed by atoms with Gasteiger partial charge >= 0.3 is 0 Å². The normalized spacial score (nSPS) is 10.3. The summed E-state index contributed by atoms with van der Waals surface area (Å²) in [4.78, 5) is 4.12. The van der Waals surface area contributed by atoms with E-state index in [0.717, 1.165) is 17.4 Å². The third-order valence-corrected chi connectivity index (χ3v) is 2.33. The van der Waals surface area contributed by atoms with E-state index >= 15 is 0 Å². The van der Waals surface area contributed by atoms with Gasteiger partial charge in [0.05, 0.1) is 11.9 Å². The van der Waals surface area contributed by atoms with Crippen molar-refractivity contribution in [2.45, 2.75) is 13.5 Å². The molecule has 1 aromatic carbocycles. The first-order valence-electron chi connectivity index (χ1n) is 5.25. The van der Waals surface area contributed by atoms with Crippen LogP contribution in [0.1, 0.15) is 11.3 Å². The van der Waals surface area contributed by atoms with E-state index in [0.29, 0.717) is 12.1 Å². The number of halogens is 2. The number of nitrogens with zero attached hydrogens (tertiary/aromatic N) is 1. The molecule has 1 heterocycles. The van der Waals surface area contributed by atoms with E-state index in [1.807, 2.05) is 19.1 Å². The van der Waals surface area contributed by atoms with E-state index in [1.165, 1.54) is 12.1 Å². The molecule has 17 heavy (non-hydrogen) atoms. The molecule has 0 fully saturated rings. The van der Waals surface area contributed by atoms with Crippen molar-refractivity contribution in [3.05, 3.63) is 59.4 Å². The number of anilines is 1. The topological polar surface area (TPSA) is 24.9 Å². The Bertz CT molecular complexity index is 489. The van der Waals surface area contributed by atoms with Crippen molar-refractivity contribution in [3.8, 4) is 0 Å². The molecule has 2 aromatic rings. The average molecular weight is 234 g/mol. The molecule has 4 heteroatoms. The highest BCUT2D eigenvalue weighted by molar-refractivity contribution is 5.41. The molecule has 0 atom stereocenters. The van der Waals surface area contributed by atoms with Gasteiger partial charge in [-0.3, -0.25) is 4.98 Å². The molecule has 0 saturated heterocycles. The van der Waals surface area contributed by atoms with Crippen LogP contribution in [-0.2, 0) is 6.54 Å². The molecule has 0 aliphatic rings. The van der Waals surface area contributed by atoms with Crippen LogP contribution in [0.3, 0.4) is 0 Å². The Morgan fingerprint density at radius 3 is 2.41 bits per heavy atom. The third kappa shape index (κ3) is 3.24. The second-order valence-corrected chi connectivity index (χ2v) is 3.82. The van der Waals surface area contributed by atoms with Crippen LogP contribution in [0.4, 0.5) is 14.5 Å². The first-order valence-corrected chi connectivity index (χ1v) is 5.25. The van der Waals surface area contributed by atoms with Crippen LogP contribution in [0.25, 0.3) is 0 Å². The Morgan fingerprint density at radius 1 is 1.12 bits per heavy atom. The molecular formula is C13H12F2N2. The van der Waals surface area contributed by atoms with Gasteiger partial charge in [0.1, 0.15) is 11.6 Å². The van der Waals surface area contributed by atoms with Gasteiger partial charge in [-0.25, -0.2) is 8.78 Å². The number of hydrogen-bond donors (Lipinski definition) is 1. The summed E-state index contributed by atoms with van der Waals surface area (Å²) in [5.41, 5.74) is 2.30. The van der Waals surface area contributed by atoms with E-state index in [4.69, 9.17) is 0 Å². The molecule has 88 valence electrons. The lowest BCUT2D eigenvalue weighted by Crippen LogP contribution is -2.01. The minimum Gasteiger partial charge on any atom is -0.380 e. The summed E-state index contributed by atoms with van der Waals surface area (Å²) in [6, 6.07) is 7.21.